The first kappa shape index (κ1) is 27.0. The zero-order valence-electron chi connectivity index (χ0n) is 22.1. The van der Waals surface area contributed by atoms with Gasteiger partial charge >= 0.3 is 5.97 Å². The molecule has 0 amide bonds. The largest absolute Gasteiger partial charge is 0.467 e. The van der Waals surface area contributed by atoms with Gasteiger partial charge in [0.2, 0.25) is 11.5 Å². The minimum Gasteiger partial charge on any atom is -0.467 e. The molecular weight excluding hydrogens is 494 g/mol. The highest BCUT2D eigenvalue weighted by Crippen LogP contribution is 2.46. The summed E-state index contributed by atoms with van der Waals surface area (Å²) >= 11 is 0. The fraction of sp³-hybridized carbons (Fsp3) is 0.520. The number of hydrogen-bond donors (Lipinski definition) is 2. The topological polar surface area (TPSA) is 144 Å². The number of carbonyl (C=O) groups excluding carboxylic acids is 1. The smallest absolute Gasteiger partial charge is 0.343 e. The molecule has 1 aliphatic rings. The first-order chi connectivity index (χ1) is 17.4. The predicted octanol–water partition coefficient (Wildman–Crippen LogP) is 3.14. The van der Waals surface area contributed by atoms with E-state index in [9.17, 15) is 9.59 Å². The molecule has 3 atom stereocenters. The number of anilines is 1. The summed E-state index contributed by atoms with van der Waals surface area (Å²) in [7, 11) is -1.05. The van der Waals surface area contributed by atoms with Gasteiger partial charge in [0, 0.05) is 6.42 Å². The Morgan fingerprint density at radius 1 is 1.30 bits per heavy atom. The quantitative estimate of drug-likeness (QED) is 0.332. The van der Waals surface area contributed by atoms with Crippen LogP contribution in [0.4, 0.5) is 5.95 Å². The van der Waals surface area contributed by atoms with Crippen molar-refractivity contribution in [2.24, 2.45) is 0 Å². The Balaban J connectivity index is 1.73. The Labute approximate surface area is 216 Å². The van der Waals surface area contributed by atoms with E-state index < -0.39 is 37.8 Å². The molecule has 3 N–H and O–H groups in total. The van der Waals surface area contributed by atoms with Crippen LogP contribution in [0.2, 0.25) is 18.1 Å². The summed E-state index contributed by atoms with van der Waals surface area (Å²) in [6, 6.07) is 9.65. The van der Waals surface area contributed by atoms with E-state index >= 15 is 0 Å². The molecule has 3 aromatic rings. The molecule has 0 spiro atoms. The van der Waals surface area contributed by atoms with Crippen LogP contribution in [0.25, 0.3) is 11.2 Å². The number of methoxy groups -OCH3 is 1. The van der Waals surface area contributed by atoms with E-state index in [0.29, 0.717) is 0 Å². The molecule has 1 fully saturated rings. The summed E-state index contributed by atoms with van der Waals surface area (Å²) in [5, 5.41) is -0.122. The van der Waals surface area contributed by atoms with Gasteiger partial charge in [0.25, 0.3) is 5.56 Å². The van der Waals surface area contributed by atoms with Crippen LogP contribution in [0.1, 0.15) is 39.0 Å². The molecule has 1 aliphatic heterocycles. The van der Waals surface area contributed by atoms with Crippen molar-refractivity contribution in [1.29, 1.82) is 0 Å². The number of aromatic amines is 1. The molecule has 0 aliphatic carbocycles. The van der Waals surface area contributed by atoms with Crippen molar-refractivity contribution in [3.8, 4) is 0 Å². The van der Waals surface area contributed by atoms with Gasteiger partial charge < -0.3 is 24.4 Å². The van der Waals surface area contributed by atoms with Gasteiger partial charge in [0.05, 0.1) is 32.8 Å². The number of benzene rings is 1. The summed E-state index contributed by atoms with van der Waals surface area (Å²) in [5.74, 6) is -0.641. The van der Waals surface area contributed by atoms with E-state index in [0.717, 1.165) is 5.56 Å². The molecule has 0 saturated carbocycles. The summed E-state index contributed by atoms with van der Waals surface area (Å²) < 4.78 is 26.1. The second-order valence-electron chi connectivity index (χ2n) is 10.8. The Hall–Kier alpha value is -3.06. The lowest BCUT2D eigenvalue weighted by Gasteiger charge is -2.41. The molecule has 1 aromatic carbocycles. The van der Waals surface area contributed by atoms with Gasteiger partial charge in [-0.1, -0.05) is 51.1 Å². The van der Waals surface area contributed by atoms with E-state index in [1.165, 1.54) is 13.4 Å². The number of rotatable bonds is 8. The molecule has 2 aromatic heterocycles. The average molecular weight is 530 g/mol. The number of esters is 1. The molecule has 4 rings (SSSR count). The van der Waals surface area contributed by atoms with Crippen LogP contribution in [0.15, 0.2) is 41.5 Å². The normalized spacial score (nSPS) is 22.4. The number of H-pyrrole nitrogens is 1. The highest BCUT2D eigenvalue weighted by Gasteiger charge is 2.59. The lowest BCUT2D eigenvalue weighted by atomic mass is 9.97. The summed E-state index contributed by atoms with van der Waals surface area (Å²) in [6.07, 6.45) is 0.334. The molecule has 37 heavy (non-hydrogen) atoms. The second-order valence-corrected chi connectivity index (χ2v) is 15.6. The van der Waals surface area contributed by atoms with E-state index in [1.54, 1.807) is 4.57 Å². The molecule has 0 bridgehead atoms. The minimum atomic E-state index is -2.37. The SMILES string of the molecule is COC(=O)[C@]1(COCc2ccccc2)O[C@@H](n2cnc3c(=O)[nH]c(N)nc32)C[C@@H]1O[Si](C)(C)C(C)(C)C. The predicted molar refractivity (Wildman–Crippen MR) is 140 cm³/mol. The summed E-state index contributed by atoms with van der Waals surface area (Å²) in [4.78, 5) is 36.6. The lowest BCUT2D eigenvalue weighted by Crippen LogP contribution is -2.57. The highest BCUT2D eigenvalue weighted by atomic mass is 28.4. The molecule has 1 saturated heterocycles. The number of nitrogens with zero attached hydrogens (tertiary/aromatic N) is 3. The number of nitrogens with one attached hydrogen (secondary N) is 1. The van der Waals surface area contributed by atoms with Crippen LogP contribution in [0, 0.1) is 0 Å². The van der Waals surface area contributed by atoms with Gasteiger partial charge in [-0.25, -0.2) is 9.78 Å². The maximum absolute atomic E-state index is 13.4. The number of ether oxygens (including phenoxy) is 3. The molecular formula is C25H35N5O6Si. The van der Waals surface area contributed by atoms with Gasteiger partial charge in [-0.05, 0) is 23.7 Å². The van der Waals surface area contributed by atoms with Crippen LogP contribution in [0.5, 0.6) is 0 Å². The fourth-order valence-corrected chi connectivity index (χ4v) is 5.52. The van der Waals surface area contributed by atoms with Gasteiger partial charge in [0.15, 0.2) is 19.5 Å². The lowest BCUT2D eigenvalue weighted by molar-refractivity contribution is -0.191. The average Bonchev–Trinajstić information content (AvgIpc) is 3.40. The highest BCUT2D eigenvalue weighted by molar-refractivity contribution is 6.74. The van der Waals surface area contributed by atoms with Crippen LogP contribution in [0.3, 0.4) is 0 Å². The van der Waals surface area contributed by atoms with Gasteiger partial charge in [-0.15, -0.1) is 0 Å². The monoisotopic (exact) mass is 529 g/mol. The van der Waals surface area contributed by atoms with Gasteiger partial charge in [-0.2, -0.15) is 4.98 Å². The third-order valence-corrected chi connectivity index (χ3v) is 11.7. The second kappa shape index (κ2) is 10.0. The van der Waals surface area contributed by atoms with E-state index in [-0.39, 0.29) is 41.8 Å². The van der Waals surface area contributed by atoms with E-state index in [1.807, 2.05) is 30.3 Å². The zero-order chi connectivity index (χ0) is 27.0. The third kappa shape index (κ3) is 5.19. The number of imidazole rings is 1. The van der Waals surface area contributed by atoms with Crippen molar-refractivity contribution < 1.29 is 23.4 Å². The van der Waals surface area contributed by atoms with Gasteiger partial charge in [-0.3, -0.25) is 14.3 Å². The minimum absolute atomic E-state index is 0.0447. The Morgan fingerprint density at radius 3 is 2.65 bits per heavy atom. The van der Waals surface area contributed by atoms with Crippen molar-refractivity contribution in [2.45, 2.75) is 69.9 Å². The van der Waals surface area contributed by atoms with Crippen molar-refractivity contribution in [2.75, 3.05) is 19.5 Å². The Kier molecular flexibility index (Phi) is 7.30. The molecule has 0 unspecified atom stereocenters. The number of aromatic nitrogens is 4. The Morgan fingerprint density at radius 2 is 2.00 bits per heavy atom. The maximum atomic E-state index is 13.4. The number of nitrogen functional groups attached to an aromatic ring is 1. The standard InChI is InChI=1S/C25H35N5O6Si/c1-24(2,3)37(5,6)36-17-12-18(30-15-27-19-20(30)28-23(26)29-21(19)31)35-25(17,22(32)33-4)14-34-13-16-10-8-7-9-11-16/h7-11,15,17-18H,12-14H2,1-6H3,(H3,26,28,29,31)/t17-,18+,25+/m0/s1. The van der Waals surface area contributed by atoms with Crippen LogP contribution < -0.4 is 11.3 Å². The molecule has 200 valence electrons. The number of carbonyl (C=O) groups is 1. The van der Waals surface area contributed by atoms with Crippen LogP contribution >= 0.6 is 0 Å². The van der Waals surface area contributed by atoms with Crippen molar-refractivity contribution in [3.63, 3.8) is 0 Å². The molecule has 3 heterocycles. The summed E-state index contributed by atoms with van der Waals surface area (Å²) in [5.41, 5.74) is 5.11. The molecule has 12 heteroatoms. The van der Waals surface area contributed by atoms with E-state index in [2.05, 4.69) is 48.8 Å². The van der Waals surface area contributed by atoms with Crippen molar-refractivity contribution in [1.82, 2.24) is 19.5 Å². The molecule has 11 nitrogen and oxygen atoms in total. The van der Waals surface area contributed by atoms with Crippen LogP contribution in [-0.2, 0) is 30.0 Å². The van der Waals surface area contributed by atoms with Crippen LogP contribution in [-0.4, -0.2) is 59.2 Å². The number of hydrogen-bond acceptors (Lipinski definition) is 9. The zero-order valence-corrected chi connectivity index (χ0v) is 23.1. The first-order valence-corrected chi connectivity index (χ1v) is 15.1. The summed E-state index contributed by atoms with van der Waals surface area (Å²) in [6.45, 7) is 10.8. The molecule has 0 radical (unpaired) electrons. The maximum Gasteiger partial charge on any atom is 0.343 e. The first-order valence-electron chi connectivity index (χ1n) is 12.2. The fourth-order valence-electron chi connectivity index (χ4n) is 4.17. The Bertz CT molecular complexity index is 1320. The van der Waals surface area contributed by atoms with E-state index in [4.69, 9.17) is 24.4 Å². The van der Waals surface area contributed by atoms with Crippen molar-refractivity contribution in [3.05, 3.63) is 52.6 Å². The van der Waals surface area contributed by atoms with Gasteiger partial charge in [0.1, 0.15) is 6.23 Å². The number of fused-ring (bicyclic) bond motifs is 1. The third-order valence-electron chi connectivity index (χ3n) is 7.25. The number of nitrogens with two attached hydrogens (primary N) is 1. The van der Waals surface area contributed by atoms with Crippen molar-refractivity contribution >= 4 is 31.4 Å².